The third-order valence-electron chi connectivity index (χ3n) is 6.14. The maximum atomic E-state index is 13.4. The van der Waals surface area contributed by atoms with Crippen LogP contribution >= 0.6 is 0 Å². The number of rotatable bonds is 5. The number of hydrogen-bond acceptors (Lipinski definition) is 4. The summed E-state index contributed by atoms with van der Waals surface area (Å²) in [5.74, 6) is -0.685. The molecule has 1 amide bonds. The number of carboxylic acid groups (broad SMARTS) is 1. The number of nitrogens with zero attached hydrogens (tertiary/aromatic N) is 3. The second kappa shape index (κ2) is 6.82. The van der Waals surface area contributed by atoms with Crippen LogP contribution in [0.3, 0.4) is 0 Å². The molecule has 7 nitrogen and oxygen atoms in total. The van der Waals surface area contributed by atoms with Crippen molar-refractivity contribution in [2.24, 2.45) is 0 Å². The summed E-state index contributed by atoms with van der Waals surface area (Å²) in [7, 11) is 0. The second-order valence-corrected chi connectivity index (χ2v) is 9.75. The maximum absolute atomic E-state index is 13.4. The Morgan fingerprint density at radius 1 is 1.28 bits per heavy atom. The van der Waals surface area contributed by atoms with Crippen LogP contribution in [0.1, 0.15) is 93.4 Å². The van der Waals surface area contributed by atoms with Gasteiger partial charge in [-0.05, 0) is 59.4 Å². The molecule has 2 N–H and O–H groups in total. The molecule has 0 radical (unpaired) electrons. The van der Waals surface area contributed by atoms with Gasteiger partial charge in [-0.25, -0.2) is 9.67 Å². The second-order valence-electron chi connectivity index (χ2n) is 9.75. The summed E-state index contributed by atoms with van der Waals surface area (Å²) in [4.78, 5) is 29.8. The van der Waals surface area contributed by atoms with E-state index in [1.165, 1.54) is 0 Å². The minimum Gasteiger partial charge on any atom is -0.481 e. The highest BCUT2D eigenvalue weighted by Crippen LogP contribution is 2.41. The molecule has 0 unspecified atom stereocenters. The van der Waals surface area contributed by atoms with Gasteiger partial charge in [-0.1, -0.05) is 12.8 Å². The van der Waals surface area contributed by atoms with E-state index in [-0.39, 0.29) is 17.9 Å². The minimum absolute atomic E-state index is 0.0390. The number of amides is 1. The molecule has 0 bridgehead atoms. The van der Waals surface area contributed by atoms with E-state index in [4.69, 9.17) is 10.1 Å². The molecule has 156 valence electrons. The molecular weight excluding hydrogens is 368 g/mol. The standard InChI is InChI=1S/C22H30N4O3/c1-13-18-15(20(29)24-22(12-17(27)28)9-5-6-10-22)11-16(14-7-8-14)23-19(18)26(25-13)21(2,3)4/h11,14H,5-10,12H2,1-4H3,(H,24,29)(H,27,28). The van der Waals surface area contributed by atoms with Gasteiger partial charge in [0.05, 0.1) is 34.1 Å². The van der Waals surface area contributed by atoms with Gasteiger partial charge in [0, 0.05) is 11.6 Å². The zero-order valence-corrected chi connectivity index (χ0v) is 17.7. The van der Waals surface area contributed by atoms with Gasteiger partial charge in [-0.2, -0.15) is 5.10 Å². The van der Waals surface area contributed by atoms with Crippen molar-refractivity contribution in [3.05, 3.63) is 23.0 Å². The topological polar surface area (TPSA) is 97.1 Å². The molecule has 0 spiro atoms. The predicted octanol–water partition coefficient (Wildman–Crippen LogP) is 3.89. The van der Waals surface area contributed by atoms with Crippen LogP contribution < -0.4 is 5.32 Å². The summed E-state index contributed by atoms with van der Waals surface area (Å²) >= 11 is 0. The van der Waals surface area contributed by atoms with Crippen molar-refractivity contribution < 1.29 is 14.7 Å². The van der Waals surface area contributed by atoms with Crippen LogP contribution in [-0.2, 0) is 10.3 Å². The fraction of sp³-hybridized carbons (Fsp3) is 0.636. The number of aryl methyl sites for hydroxylation is 1. The Hall–Kier alpha value is -2.44. The largest absolute Gasteiger partial charge is 0.481 e. The summed E-state index contributed by atoms with van der Waals surface area (Å²) in [6.07, 6.45) is 5.42. The van der Waals surface area contributed by atoms with Crippen LogP contribution in [0.25, 0.3) is 11.0 Å². The normalized spacial score (nSPS) is 18.9. The highest BCUT2D eigenvalue weighted by Gasteiger charge is 2.39. The SMILES string of the molecule is Cc1nn(C(C)(C)C)c2nc(C3CC3)cc(C(=O)NC3(CC(=O)O)CCCC3)c12. The zero-order chi connectivity index (χ0) is 21.0. The first-order valence-corrected chi connectivity index (χ1v) is 10.5. The predicted molar refractivity (Wildman–Crippen MR) is 110 cm³/mol. The van der Waals surface area contributed by atoms with Gasteiger partial charge in [0.15, 0.2) is 5.65 Å². The first-order valence-electron chi connectivity index (χ1n) is 10.5. The molecule has 2 fully saturated rings. The molecule has 29 heavy (non-hydrogen) atoms. The van der Waals surface area contributed by atoms with Crippen molar-refractivity contribution in [3.63, 3.8) is 0 Å². The number of aliphatic carboxylic acids is 1. The number of hydrogen-bond donors (Lipinski definition) is 2. The van der Waals surface area contributed by atoms with E-state index in [9.17, 15) is 14.7 Å². The van der Waals surface area contributed by atoms with Gasteiger partial charge in [-0.15, -0.1) is 0 Å². The highest BCUT2D eigenvalue weighted by molar-refractivity contribution is 6.07. The van der Waals surface area contributed by atoms with Crippen LogP contribution in [0.5, 0.6) is 0 Å². The number of nitrogens with one attached hydrogen (secondary N) is 1. The molecule has 4 rings (SSSR count). The van der Waals surface area contributed by atoms with Crippen molar-refractivity contribution >= 4 is 22.9 Å². The number of carbonyl (C=O) groups is 2. The Balaban J connectivity index is 1.81. The molecule has 0 saturated heterocycles. The minimum atomic E-state index is -0.873. The molecule has 2 aliphatic carbocycles. The van der Waals surface area contributed by atoms with Gasteiger partial charge in [-0.3, -0.25) is 9.59 Å². The number of carboxylic acids is 1. The van der Waals surface area contributed by atoms with Crippen LogP contribution in [0.15, 0.2) is 6.07 Å². The van der Waals surface area contributed by atoms with Gasteiger partial charge in [0.2, 0.25) is 0 Å². The van der Waals surface area contributed by atoms with E-state index < -0.39 is 11.5 Å². The molecule has 2 aliphatic rings. The lowest BCUT2D eigenvalue weighted by Gasteiger charge is -2.29. The highest BCUT2D eigenvalue weighted by atomic mass is 16.4. The first-order chi connectivity index (χ1) is 13.6. The lowest BCUT2D eigenvalue weighted by atomic mass is 9.92. The third-order valence-corrected chi connectivity index (χ3v) is 6.14. The summed E-state index contributed by atoms with van der Waals surface area (Å²) in [6.45, 7) is 8.13. The van der Waals surface area contributed by atoms with Crippen molar-refractivity contribution in [1.29, 1.82) is 0 Å². The number of pyridine rings is 1. The van der Waals surface area contributed by atoms with Gasteiger partial charge < -0.3 is 10.4 Å². The number of aromatic nitrogens is 3. The Morgan fingerprint density at radius 3 is 2.48 bits per heavy atom. The number of carbonyl (C=O) groups excluding carboxylic acids is 1. The van der Waals surface area contributed by atoms with E-state index in [0.29, 0.717) is 24.3 Å². The fourth-order valence-electron chi connectivity index (χ4n) is 4.54. The first kappa shape index (κ1) is 19.9. The van der Waals surface area contributed by atoms with Crippen molar-refractivity contribution in [2.75, 3.05) is 0 Å². The third kappa shape index (κ3) is 3.74. The lowest BCUT2D eigenvalue weighted by molar-refractivity contribution is -0.138. The smallest absolute Gasteiger partial charge is 0.305 e. The van der Waals surface area contributed by atoms with E-state index in [1.807, 2.05) is 17.7 Å². The van der Waals surface area contributed by atoms with Gasteiger partial charge >= 0.3 is 5.97 Å². The van der Waals surface area contributed by atoms with Crippen LogP contribution in [0, 0.1) is 6.92 Å². The molecule has 2 aromatic heterocycles. The van der Waals surface area contributed by atoms with E-state index in [2.05, 4.69) is 26.1 Å². The Kier molecular flexibility index (Phi) is 4.67. The molecule has 0 atom stereocenters. The van der Waals surface area contributed by atoms with E-state index in [1.54, 1.807) is 0 Å². The van der Waals surface area contributed by atoms with Crippen LogP contribution in [0.4, 0.5) is 0 Å². The van der Waals surface area contributed by atoms with Gasteiger partial charge in [0.1, 0.15) is 0 Å². The molecule has 2 aromatic rings. The van der Waals surface area contributed by atoms with Gasteiger partial charge in [0.25, 0.3) is 5.91 Å². The Labute approximate surface area is 170 Å². The monoisotopic (exact) mass is 398 g/mol. The van der Waals surface area contributed by atoms with Crippen molar-refractivity contribution in [2.45, 2.75) is 89.6 Å². The van der Waals surface area contributed by atoms with Crippen LogP contribution in [0.2, 0.25) is 0 Å². The molecule has 7 heteroatoms. The average molecular weight is 399 g/mol. The molecule has 0 aliphatic heterocycles. The van der Waals surface area contributed by atoms with Crippen molar-refractivity contribution in [1.82, 2.24) is 20.1 Å². The molecule has 2 heterocycles. The van der Waals surface area contributed by atoms with Crippen LogP contribution in [-0.4, -0.2) is 37.3 Å². The van der Waals surface area contributed by atoms with Crippen molar-refractivity contribution in [3.8, 4) is 0 Å². The van der Waals surface area contributed by atoms with E-state index >= 15 is 0 Å². The summed E-state index contributed by atoms with van der Waals surface area (Å²) < 4.78 is 1.91. The zero-order valence-electron chi connectivity index (χ0n) is 17.7. The quantitative estimate of drug-likeness (QED) is 0.796. The summed E-state index contributed by atoms with van der Waals surface area (Å²) in [5, 5.41) is 18.0. The Morgan fingerprint density at radius 2 is 1.93 bits per heavy atom. The Bertz CT molecular complexity index is 976. The summed E-state index contributed by atoms with van der Waals surface area (Å²) in [5.41, 5.74) is 2.10. The van der Waals surface area contributed by atoms with E-state index in [0.717, 1.165) is 48.1 Å². The molecule has 0 aromatic carbocycles. The maximum Gasteiger partial charge on any atom is 0.305 e. The number of fused-ring (bicyclic) bond motifs is 1. The summed E-state index contributed by atoms with van der Waals surface area (Å²) in [6, 6.07) is 1.90. The molecule has 2 saturated carbocycles. The lowest BCUT2D eigenvalue weighted by Crippen LogP contribution is -2.47. The fourth-order valence-corrected chi connectivity index (χ4v) is 4.54. The molecular formula is C22H30N4O3. The average Bonchev–Trinajstić information content (AvgIpc) is 3.29.